The van der Waals surface area contributed by atoms with Crippen molar-refractivity contribution in [1.82, 2.24) is 9.97 Å². The van der Waals surface area contributed by atoms with Crippen molar-refractivity contribution in [3.05, 3.63) is 89.5 Å². The minimum Gasteiger partial charge on any atom is -0.307 e. The Balaban J connectivity index is 2.03. The van der Waals surface area contributed by atoms with Crippen LogP contribution in [-0.2, 0) is 15.0 Å². The lowest BCUT2D eigenvalue weighted by molar-refractivity contribution is -0.125. The molecule has 0 unspecified atom stereocenters. The normalized spacial score (nSPS) is 23.4. The van der Waals surface area contributed by atoms with Crippen LogP contribution in [0.5, 0.6) is 0 Å². The molecule has 0 saturated heterocycles. The summed E-state index contributed by atoms with van der Waals surface area (Å²) in [6.07, 6.45) is 8.04. The molecule has 0 fully saturated rings. The van der Waals surface area contributed by atoms with Crippen molar-refractivity contribution in [2.45, 2.75) is 19.3 Å². The molecule has 0 saturated carbocycles. The Morgan fingerprint density at radius 3 is 2.43 bits per heavy atom. The lowest BCUT2D eigenvalue weighted by Crippen LogP contribution is -2.56. The maximum atomic E-state index is 13.9. The number of benzene rings is 1. The van der Waals surface area contributed by atoms with Crippen molar-refractivity contribution >= 4 is 17.4 Å². The van der Waals surface area contributed by atoms with Crippen LogP contribution in [0.25, 0.3) is 4.85 Å². The Kier molecular flexibility index (Phi) is 3.97. The number of aromatic nitrogens is 2. The molecule has 6 nitrogen and oxygen atoms in total. The van der Waals surface area contributed by atoms with Gasteiger partial charge in [-0.1, -0.05) is 56.3 Å². The molecule has 28 heavy (non-hydrogen) atoms. The molecule has 138 valence electrons. The van der Waals surface area contributed by atoms with Crippen molar-refractivity contribution in [1.29, 1.82) is 0 Å². The van der Waals surface area contributed by atoms with E-state index in [4.69, 9.17) is 6.57 Å². The van der Waals surface area contributed by atoms with E-state index in [0.29, 0.717) is 17.8 Å². The summed E-state index contributed by atoms with van der Waals surface area (Å²) in [7, 11) is 0. The van der Waals surface area contributed by atoms with Gasteiger partial charge in [-0.3, -0.25) is 4.79 Å². The first-order chi connectivity index (χ1) is 13.4. The van der Waals surface area contributed by atoms with Gasteiger partial charge in [0.1, 0.15) is 11.7 Å². The first kappa shape index (κ1) is 17.8. The minimum atomic E-state index is -1.22. The number of carbonyl (C=O) groups is 2. The number of amides is 1. The molecule has 0 radical (unpaired) electrons. The van der Waals surface area contributed by atoms with Crippen LogP contribution < -0.4 is 4.90 Å². The highest BCUT2D eigenvalue weighted by atomic mass is 16.2. The molecule has 2 aromatic rings. The largest absolute Gasteiger partial charge is 0.307 e. The predicted molar refractivity (Wildman–Crippen MR) is 104 cm³/mol. The second kappa shape index (κ2) is 6.24. The smallest absolute Gasteiger partial charge is 0.244 e. The maximum Gasteiger partial charge on any atom is 0.244 e. The fourth-order valence-corrected chi connectivity index (χ4v) is 4.15. The van der Waals surface area contributed by atoms with Crippen LogP contribution >= 0.6 is 0 Å². The summed E-state index contributed by atoms with van der Waals surface area (Å²) in [6, 6.07) is 9.31. The molecule has 1 aromatic carbocycles. The third kappa shape index (κ3) is 2.33. The zero-order valence-electron chi connectivity index (χ0n) is 15.6. The van der Waals surface area contributed by atoms with Gasteiger partial charge in [0.15, 0.2) is 5.78 Å². The molecule has 1 amide bonds. The van der Waals surface area contributed by atoms with Crippen molar-refractivity contribution in [2.75, 3.05) is 11.4 Å². The van der Waals surface area contributed by atoms with Crippen molar-refractivity contribution in [2.24, 2.45) is 5.41 Å². The summed E-state index contributed by atoms with van der Waals surface area (Å²) in [5, 5.41) is 0. The Morgan fingerprint density at radius 2 is 1.79 bits per heavy atom. The molecule has 1 aliphatic carbocycles. The van der Waals surface area contributed by atoms with E-state index in [2.05, 4.69) is 14.8 Å². The van der Waals surface area contributed by atoms with Crippen LogP contribution in [0.15, 0.2) is 72.5 Å². The quantitative estimate of drug-likeness (QED) is 0.602. The van der Waals surface area contributed by atoms with E-state index in [1.165, 1.54) is 12.4 Å². The summed E-state index contributed by atoms with van der Waals surface area (Å²) in [6.45, 7) is 11.4. The van der Waals surface area contributed by atoms with E-state index in [0.717, 1.165) is 5.56 Å². The number of allylic oxidation sites excluding steroid dienone is 1. The van der Waals surface area contributed by atoms with Crippen LogP contribution in [0.4, 0.5) is 5.69 Å². The molecule has 2 heterocycles. The van der Waals surface area contributed by atoms with Crippen molar-refractivity contribution in [3.8, 4) is 0 Å². The summed E-state index contributed by atoms with van der Waals surface area (Å²) in [5.41, 5.74) is -0.168. The van der Waals surface area contributed by atoms with E-state index >= 15 is 0 Å². The predicted octanol–water partition coefficient (Wildman–Crippen LogP) is 3.10. The molecule has 1 aromatic heterocycles. The van der Waals surface area contributed by atoms with Gasteiger partial charge in [0.25, 0.3) is 0 Å². The van der Waals surface area contributed by atoms with Crippen molar-refractivity contribution in [3.63, 3.8) is 0 Å². The van der Waals surface area contributed by atoms with E-state index in [9.17, 15) is 9.59 Å². The number of anilines is 1. The number of rotatable bonds is 2. The molecular formula is C22H18N4O2. The lowest BCUT2D eigenvalue weighted by atomic mass is 9.57. The third-order valence-corrected chi connectivity index (χ3v) is 5.52. The lowest BCUT2D eigenvalue weighted by Gasteiger charge is -2.48. The number of nitrogens with zero attached hydrogens (tertiary/aromatic N) is 4. The SMILES string of the molecule is [C-]#[N+]C1=C[C@]2(c3ccccc3)C(=O)N(c3cncnc3)CC=C2C(C)(C)C1=O. The van der Waals surface area contributed by atoms with Crippen LogP contribution in [0.3, 0.4) is 0 Å². The van der Waals surface area contributed by atoms with Gasteiger partial charge in [0.05, 0.1) is 24.7 Å². The number of fused-ring (bicyclic) bond motifs is 1. The fraction of sp³-hybridized carbons (Fsp3) is 0.227. The molecular weight excluding hydrogens is 352 g/mol. The van der Waals surface area contributed by atoms with Crippen LogP contribution in [0.1, 0.15) is 19.4 Å². The number of ketones is 1. The van der Waals surface area contributed by atoms with Crippen molar-refractivity contribution < 1.29 is 9.59 Å². The summed E-state index contributed by atoms with van der Waals surface area (Å²) in [5.74, 6) is -0.475. The second-order valence-corrected chi connectivity index (χ2v) is 7.40. The third-order valence-electron chi connectivity index (χ3n) is 5.52. The molecule has 1 atom stereocenters. The molecule has 2 aliphatic rings. The summed E-state index contributed by atoms with van der Waals surface area (Å²) >= 11 is 0. The standard InChI is InChI=1S/C22H18N4O2/c1-21(2)18-9-10-26(16-12-24-14-25-13-16)20(28)22(18,11-17(23-3)19(21)27)15-7-5-4-6-8-15/h4-9,11-14H,10H2,1-2H3/t22-/m1/s1. The Bertz CT molecular complexity index is 1060. The zero-order chi connectivity index (χ0) is 19.9. The highest BCUT2D eigenvalue weighted by Crippen LogP contribution is 2.52. The topological polar surface area (TPSA) is 67.5 Å². The Hall–Kier alpha value is -3.59. The van der Waals surface area contributed by atoms with E-state index in [-0.39, 0.29) is 17.4 Å². The average Bonchev–Trinajstić information content (AvgIpc) is 2.73. The van der Waals surface area contributed by atoms with Gasteiger partial charge in [-0.05, 0) is 11.1 Å². The average molecular weight is 370 g/mol. The van der Waals surface area contributed by atoms with Crippen LogP contribution in [0.2, 0.25) is 0 Å². The summed E-state index contributed by atoms with van der Waals surface area (Å²) < 4.78 is 0. The Labute approximate surface area is 163 Å². The van der Waals surface area contributed by atoms with Gasteiger partial charge >= 0.3 is 0 Å². The van der Waals surface area contributed by atoms with Gasteiger partial charge in [-0.2, -0.15) is 0 Å². The second-order valence-electron chi connectivity index (χ2n) is 7.40. The Morgan fingerprint density at radius 1 is 1.11 bits per heavy atom. The van der Waals surface area contributed by atoms with Crippen LogP contribution in [-0.4, -0.2) is 28.2 Å². The number of hydrogen-bond donors (Lipinski definition) is 0. The molecule has 4 rings (SSSR count). The maximum absolute atomic E-state index is 13.9. The fourth-order valence-electron chi connectivity index (χ4n) is 4.15. The summed E-state index contributed by atoms with van der Waals surface area (Å²) in [4.78, 5) is 39.9. The number of carbonyl (C=O) groups excluding carboxylic acids is 2. The molecule has 0 N–H and O–H groups in total. The zero-order valence-corrected chi connectivity index (χ0v) is 15.6. The molecule has 0 spiro atoms. The van der Waals surface area contributed by atoms with Gasteiger partial charge < -0.3 is 9.69 Å². The first-order valence-electron chi connectivity index (χ1n) is 8.91. The molecule has 6 heteroatoms. The van der Waals surface area contributed by atoms with Gasteiger partial charge in [0.2, 0.25) is 11.6 Å². The minimum absolute atomic E-state index is 0.00878. The monoisotopic (exact) mass is 370 g/mol. The van der Waals surface area contributed by atoms with E-state index < -0.39 is 10.8 Å². The van der Waals surface area contributed by atoms with Crippen LogP contribution in [0, 0.1) is 12.0 Å². The van der Waals surface area contributed by atoms with Gasteiger partial charge in [-0.15, -0.1) is 0 Å². The highest BCUT2D eigenvalue weighted by Gasteiger charge is 2.56. The van der Waals surface area contributed by atoms with Gasteiger partial charge in [-0.25, -0.2) is 14.8 Å². The van der Waals surface area contributed by atoms with E-state index in [1.807, 2.05) is 36.4 Å². The molecule has 0 bridgehead atoms. The highest BCUT2D eigenvalue weighted by molar-refractivity contribution is 6.14. The first-order valence-corrected chi connectivity index (χ1v) is 8.91. The number of hydrogen-bond acceptors (Lipinski definition) is 4. The van der Waals surface area contributed by atoms with Gasteiger partial charge in [0, 0.05) is 12.0 Å². The number of Topliss-reactive ketones (excluding diaryl/α,β-unsaturated/α-hetero) is 1. The molecule has 1 aliphatic heterocycles. The van der Waals surface area contributed by atoms with E-state index in [1.54, 1.807) is 31.1 Å².